The molecular formula is C21H25ClFN3O5. The van der Waals surface area contributed by atoms with E-state index in [1.165, 1.54) is 12.1 Å². The number of rotatable bonds is 7. The van der Waals surface area contributed by atoms with E-state index in [4.69, 9.17) is 16.3 Å². The number of amides is 2. The Morgan fingerprint density at radius 3 is 2.77 bits per heavy atom. The molecule has 0 spiro atoms. The van der Waals surface area contributed by atoms with Crippen molar-refractivity contribution in [1.29, 1.82) is 0 Å². The van der Waals surface area contributed by atoms with Crippen LogP contribution >= 0.6 is 11.6 Å². The van der Waals surface area contributed by atoms with Crippen LogP contribution in [0, 0.1) is 17.7 Å². The van der Waals surface area contributed by atoms with Crippen LogP contribution < -0.4 is 20.7 Å². The summed E-state index contributed by atoms with van der Waals surface area (Å²) >= 11 is 5.63. The summed E-state index contributed by atoms with van der Waals surface area (Å²) in [6.07, 6.45) is 2.98. The van der Waals surface area contributed by atoms with Crippen molar-refractivity contribution >= 4 is 29.4 Å². The molecule has 168 valence electrons. The SMILES string of the molecule is O=C(COc1ccc(Cl)c(F)c1)N[C@H]1CC2(NC(=O)C3CC(C(=O)O)CCN3)CC1C2. The first-order chi connectivity index (χ1) is 14.7. The molecular weight excluding hydrogens is 429 g/mol. The third-order valence-corrected chi connectivity index (χ3v) is 6.86. The minimum absolute atomic E-state index is 0.0169. The quantitative estimate of drug-likeness (QED) is 0.496. The number of nitrogens with one attached hydrogen (secondary N) is 3. The Balaban J connectivity index is 1.24. The molecule has 8 nitrogen and oxygen atoms in total. The molecule has 1 saturated heterocycles. The summed E-state index contributed by atoms with van der Waals surface area (Å²) in [5.74, 6) is -1.98. The summed E-state index contributed by atoms with van der Waals surface area (Å²) in [5, 5.41) is 18.3. The van der Waals surface area contributed by atoms with Crippen molar-refractivity contribution in [3.8, 4) is 5.75 Å². The van der Waals surface area contributed by atoms with Crippen LogP contribution in [0.5, 0.6) is 5.75 Å². The van der Waals surface area contributed by atoms with E-state index < -0.39 is 23.7 Å². The van der Waals surface area contributed by atoms with Gasteiger partial charge < -0.3 is 25.8 Å². The summed E-state index contributed by atoms with van der Waals surface area (Å²) in [7, 11) is 0. The van der Waals surface area contributed by atoms with E-state index in [0.29, 0.717) is 19.4 Å². The molecule has 1 aromatic carbocycles. The van der Waals surface area contributed by atoms with Gasteiger partial charge in [-0.2, -0.15) is 0 Å². The zero-order valence-corrected chi connectivity index (χ0v) is 17.6. The Hall–Kier alpha value is -2.39. The Bertz CT molecular complexity index is 892. The number of hydrogen-bond donors (Lipinski definition) is 4. The van der Waals surface area contributed by atoms with Crippen molar-refractivity contribution in [2.24, 2.45) is 11.8 Å². The number of aliphatic carboxylic acids is 1. The molecule has 1 heterocycles. The number of halogens is 2. The van der Waals surface area contributed by atoms with Gasteiger partial charge in [-0.15, -0.1) is 0 Å². The minimum Gasteiger partial charge on any atom is -0.484 e. The lowest BCUT2D eigenvalue weighted by molar-refractivity contribution is -0.143. The number of carbonyl (C=O) groups excluding carboxylic acids is 2. The summed E-state index contributed by atoms with van der Waals surface area (Å²) in [4.78, 5) is 36.2. The van der Waals surface area contributed by atoms with Gasteiger partial charge in [0.1, 0.15) is 11.6 Å². The topological polar surface area (TPSA) is 117 Å². The molecule has 31 heavy (non-hydrogen) atoms. The molecule has 0 aromatic heterocycles. The van der Waals surface area contributed by atoms with Gasteiger partial charge in [0.05, 0.1) is 17.0 Å². The van der Waals surface area contributed by atoms with Gasteiger partial charge in [0.25, 0.3) is 5.91 Å². The molecule has 2 unspecified atom stereocenters. The average molecular weight is 454 g/mol. The molecule has 1 aliphatic heterocycles. The third kappa shape index (κ3) is 4.77. The molecule has 3 atom stereocenters. The number of carboxylic acid groups (broad SMARTS) is 1. The summed E-state index contributed by atoms with van der Waals surface area (Å²) in [6.45, 7) is 0.257. The largest absolute Gasteiger partial charge is 0.484 e. The summed E-state index contributed by atoms with van der Waals surface area (Å²) in [5.41, 5.74) is -0.349. The smallest absolute Gasteiger partial charge is 0.306 e. The van der Waals surface area contributed by atoms with Crippen molar-refractivity contribution in [2.45, 2.75) is 49.7 Å². The first-order valence-electron chi connectivity index (χ1n) is 10.4. The first-order valence-corrected chi connectivity index (χ1v) is 10.8. The van der Waals surface area contributed by atoms with E-state index in [1.807, 2.05) is 0 Å². The number of hydrogen-bond acceptors (Lipinski definition) is 5. The average Bonchev–Trinajstić information content (AvgIpc) is 3.22. The molecule has 4 aliphatic rings. The van der Waals surface area contributed by atoms with E-state index in [1.54, 1.807) is 0 Å². The summed E-state index contributed by atoms with van der Waals surface area (Å²) < 4.78 is 18.8. The zero-order chi connectivity index (χ0) is 22.2. The highest BCUT2D eigenvalue weighted by atomic mass is 35.5. The number of ether oxygens (including phenoxy) is 1. The van der Waals surface area contributed by atoms with Crippen molar-refractivity contribution in [3.63, 3.8) is 0 Å². The van der Waals surface area contributed by atoms with Crippen molar-refractivity contribution < 1.29 is 28.6 Å². The third-order valence-electron chi connectivity index (χ3n) is 6.55. The maximum absolute atomic E-state index is 13.4. The highest BCUT2D eigenvalue weighted by molar-refractivity contribution is 6.30. The summed E-state index contributed by atoms with van der Waals surface area (Å²) in [6, 6.07) is 3.40. The number of piperidine rings is 1. The maximum Gasteiger partial charge on any atom is 0.306 e. The van der Waals surface area contributed by atoms with Gasteiger partial charge >= 0.3 is 5.97 Å². The fourth-order valence-electron chi connectivity index (χ4n) is 4.96. The molecule has 10 heteroatoms. The standard InChI is InChI=1S/C21H25ClFN3O5/c22-14-2-1-13(6-15(14)23)31-10-18(27)25-17-9-21(7-12(17)8-21)26-19(28)16-5-11(20(29)30)3-4-24-16/h1-2,6,11-12,16-17,24H,3-5,7-10H2,(H,25,27)(H,26,28)(H,29,30)/t11?,12?,16?,17-,21?/m0/s1. The molecule has 0 radical (unpaired) electrons. The molecule has 4 N–H and O–H groups in total. The molecule has 3 saturated carbocycles. The molecule has 3 aliphatic carbocycles. The Labute approximate surface area is 183 Å². The number of carboxylic acids is 1. The van der Waals surface area contributed by atoms with E-state index >= 15 is 0 Å². The lowest BCUT2D eigenvalue weighted by Crippen LogP contribution is -2.58. The highest BCUT2D eigenvalue weighted by Gasteiger charge is 2.57. The minimum atomic E-state index is -0.867. The van der Waals surface area contributed by atoms with Gasteiger partial charge in [0, 0.05) is 17.6 Å². The van der Waals surface area contributed by atoms with E-state index in [-0.39, 0.29) is 53.1 Å². The van der Waals surface area contributed by atoms with Crippen LogP contribution in [0.3, 0.4) is 0 Å². The molecule has 2 amide bonds. The number of carbonyl (C=O) groups is 3. The van der Waals surface area contributed by atoms with Crippen LogP contribution in [0.25, 0.3) is 0 Å². The normalized spacial score (nSPS) is 31.4. The number of fused-ring (bicyclic) bond motifs is 1. The Kier molecular flexibility index (Phi) is 6.07. The molecule has 4 fully saturated rings. The van der Waals surface area contributed by atoms with Gasteiger partial charge in [0.15, 0.2) is 6.61 Å². The molecule has 2 bridgehead atoms. The molecule has 5 rings (SSSR count). The zero-order valence-electron chi connectivity index (χ0n) is 16.8. The van der Waals surface area contributed by atoms with Crippen molar-refractivity contribution in [2.75, 3.05) is 13.2 Å². The van der Waals surface area contributed by atoms with Gasteiger partial charge in [-0.1, -0.05) is 11.6 Å². The fourth-order valence-corrected chi connectivity index (χ4v) is 5.08. The second-order valence-corrected chi connectivity index (χ2v) is 9.15. The van der Waals surface area contributed by atoms with Crippen LogP contribution in [-0.2, 0) is 14.4 Å². The van der Waals surface area contributed by atoms with E-state index in [9.17, 15) is 23.9 Å². The van der Waals surface area contributed by atoms with Crippen LogP contribution in [0.2, 0.25) is 5.02 Å². The van der Waals surface area contributed by atoms with E-state index in [0.717, 1.165) is 18.9 Å². The molecule has 1 aromatic rings. The van der Waals surface area contributed by atoms with Crippen LogP contribution in [0.15, 0.2) is 18.2 Å². The van der Waals surface area contributed by atoms with Gasteiger partial charge in [-0.05, 0) is 56.7 Å². The van der Waals surface area contributed by atoms with E-state index in [2.05, 4.69) is 16.0 Å². The predicted molar refractivity (Wildman–Crippen MR) is 109 cm³/mol. The second kappa shape index (κ2) is 8.63. The number of benzene rings is 1. The first kappa shape index (κ1) is 21.8. The second-order valence-electron chi connectivity index (χ2n) is 8.75. The predicted octanol–water partition coefficient (Wildman–Crippen LogP) is 1.46. The van der Waals surface area contributed by atoms with Gasteiger partial charge in [-0.3, -0.25) is 14.4 Å². The van der Waals surface area contributed by atoms with Gasteiger partial charge in [0.2, 0.25) is 5.91 Å². The fraction of sp³-hybridized carbons (Fsp3) is 0.571. The Morgan fingerprint density at radius 1 is 1.29 bits per heavy atom. The van der Waals surface area contributed by atoms with Crippen molar-refractivity contribution in [3.05, 3.63) is 29.0 Å². The lowest BCUT2D eigenvalue weighted by atomic mass is 9.76. The van der Waals surface area contributed by atoms with Gasteiger partial charge in [-0.25, -0.2) is 4.39 Å². The van der Waals surface area contributed by atoms with Crippen LogP contribution in [0.1, 0.15) is 32.1 Å². The maximum atomic E-state index is 13.4. The monoisotopic (exact) mass is 453 g/mol. The van der Waals surface area contributed by atoms with Crippen molar-refractivity contribution in [1.82, 2.24) is 16.0 Å². The lowest BCUT2D eigenvalue weighted by Gasteiger charge is -2.40. The Morgan fingerprint density at radius 2 is 2.06 bits per heavy atom. The highest BCUT2D eigenvalue weighted by Crippen LogP contribution is 2.52. The van der Waals surface area contributed by atoms with Crippen LogP contribution in [0.4, 0.5) is 4.39 Å². The van der Waals surface area contributed by atoms with Crippen LogP contribution in [-0.4, -0.2) is 53.7 Å².